The number of aryl methyl sites for hydroxylation is 1. The molecular formula is C23H33N2O7P. The third-order valence-electron chi connectivity index (χ3n) is 6.11. The number of esters is 1. The second kappa shape index (κ2) is 9.57. The van der Waals surface area contributed by atoms with Crippen LogP contribution in [0.25, 0.3) is 0 Å². The molecule has 0 aromatic heterocycles. The van der Waals surface area contributed by atoms with E-state index in [0.717, 1.165) is 5.56 Å². The smallest absolute Gasteiger partial charge is 0.326 e. The fraction of sp³-hybridized carbons (Fsp3) is 0.609. The van der Waals surface area contributed by atoms with Crippen molar-refractivity contribution < 1.29 is 33.5 Å². The lowest BCUT2D eigenvalue weighted by molar-refractivity contribution is -0.153. The van der Waals surface area contributed by atoms with Gasteiger partial charge >= 0.3 is 13.6 Å². The predicted molar refractivity (Wildman–Crippen MR) is 123 cm³/mol. The van der Waals surface area contributed by atoms with Crippen molar-refractivity contribution in [3.05, 3.63) is 29.8 Å². The van der Waals surface area contributed by atoms with Gasteiger partial charge in [-0.15, -0.1) is 0 Å². The van der Waals surface area contributed by atoms with Crippen LogP contribution in [0.3, 0.4) is 0 Å². The zero-order valence-electron chi connectivity index (χ0n) is 19.4. The second-order valence-electron chi connectivity index (χ2n) is 10.0. The minimum atomic E-state index is -4.43. The van der Waals surface area contributed by atoms with Gasteiger partial charge in [-0.25, -0.2) is 0 Å². The van der Waals surface area contributed by atoms with Gasteiger partial charge in [0, 0.05) is 5.69 Å². The van der Waals surface area contributed by atoms with Crippen LogP contribution in [0.5, 0.6) is 0 Å². The summed E-state index contributed by atoms with van der Waals surface area (Å²) in [5.74, 6) is -1.51. The van der Waals surface area contributed by atoms with Crippen molar-refractivity contribution in [2.45, 2.75) is 70.9 Å². The Kier molecular flexibility index (Phi) is 7.36. The number of rotatable bonds is 6. The van der Waals surface area contributed by atoms with Crippen LogP contribution in [0.2, 0.25) is 0 Å². The van der Waals surface area contributed by atoms with E-state index >= 15 is 0 Å². The van der Waals surface area contributed by atoms with Crippen molar-refractivity contribution in [2.75, 3.05) is 17.6 Å². The first kappa shape index (κ1) is 25.4. The lowest BCUT2D eigenvalue weighted by Gasteiger charge is -2.31. The van der Waals surface area contributed by atoms with E-state index in [4.69, 9.17) is 4.74 Å². The highest BCUT2D eigenvalue weighted by Crippen LogP contribution is 2.50. The van der Waals surface area contributed by atoms with Gasteiger partial charge in [0.05, 0.1) is 11.6 Å². The van der Waals surface area contributed by atoms with Gasteiger partial charge in [0.1, 0.15) is 18.2 Å². The summed E-state index contributed by atoms with van der Waals surface area (Å²) < 4.78 is 17.1. The zero-order valence-corrected chi connectivity index (χ0v) is 20.3. The topological polar surface area (TPSA) is 133 Å². The number of ether oxygens (including phenoxy) is 1. The highest BCUT2D eigenvalue weighted by atomic mass is 31.2. The molecule has 33 heavy (non-hydrogen) atoms. The Balaban J connectivity index is 1.85. The number of hydrogen-bond donors (Lipinski definition) is 3. The summed E-state index contributed by atoms with van der Waals surface area (Å²) in [4.78, 5) is 59.7. The van der Waals surface area contributed by atoms with E-state index in [-0.39, 0.29) is 6.54 Å². The Morgan fingerprint density at radius 3 is 2.45 bits per heavy atom. The van der Waals surface area contributed by atoms with Crippen LogP contribution in [-0.2, 0) is 30.1 Å². The fourth-order valence-corrected chi connectivity index (χ4v) is 5.98. The summed E-state index contributed by atoms with van der Waals surface area (Å²) in [7, 11) is -4.43. The summed E-state index contributed by atoms with van der Waals surface area (Å²) in [6.45, 7) is 4.93. The number of fused-ring (bicyclic) bond motifs is 1. The van der Waals surface area contributed by atoms with Gasteiger partial charge < -0.3 is 19.8 Å². The molecule has 1 aromatic carbocycles. The number of carbonyl (C=O) groups excluding carboxylic acids is 3. The molecular weight excluding hydrogens is 447 g/mol. The second-order valence-corrected chi connectivity index (χ2v) is 11.7. The molecule has 3 N–H and O–H groups in total. The van der Waals surface area contributed by atoms with Gasteiger partial charge in [-0.3, -0.25) is 23.8 Å². The van der Waals surface area contributed by atoms with Crippen molar-refractivity contribution in [2.24, 2.45) is 5.41 Å². The Morgan fingerprint density at radius 1 is 1.21 bits per heavy atom. The maximum Gasteiger partial charge on any atom is 0.326 e. The third kappa shape index (κ3) is 6.43. The van der Waals surface area contributed by atoms with Crippen molar-refractivity contribution in [1.82, 2.24) is 5.32 Å². The van der Waals surface area contributed by atoms with Gasteiger partial charge in [-0.1, -0.05) is 31.0 Å². The van der Waals surface area contributed by atoms with E-state index in [1.807, 2.05) is 12.1 Å². The molecule has 0 spiro atoms. The van der Waals surface area contributed by atoms with Gasteiger partial charge in [0.15, 0.2) is 0 Å². The van der Waals surface area contributed by atoms with Gasteiger partial charge in [0.25, 0.3) is 0 Å². The molecule has 0 unspecified atom stereocenters. The first-order valence-electron chi connectivity index (χ1n) is 11.3. The van der Waals surface area contributed by atoms with E-state index in [1.165, 1.54) is 4.90 Å². The molecule has 0 bridgehead atoms. The molecule has 1 atom stereocenters. The zero-order chi connectivity index (χ0) is 24.4. The van der Waals surface area contributed by atoms with E-state index in [1.54, 1.807) is 32.9 Å². The highest BCUT2D eigenvalue weighted by molar-refractivity contribution is 7.51. The van der Waals surface area contributed by atoms with Gasteiger partial charge in [-0.2, -0.15) is 0 Å². The Hall–Kier alpha value is -2.22. The van der Waals surface area contributed by atoms with E-state index < -0.39 is 48.6 Å². The summed E-state index contributed by atoms with van der Waals surface area (Å²) in [5, 5.41) is 2.77. The first-order valence-corrected chi connectivity index (χ1v) is 13.1. The summed E-state index contributed by atoms with van der Waals surface area (Å²) >= 11 is 0. The normalized spacial score (nSPS) is 20.7. The molecule has 1 heterocycles. The average molecular weight is 480 g/mol. The van der Waals surface area contributed by atoms with Crippen LogP contribution >= 0.6 is 7.60 Å². The minimum Gasteiger partial charge on any atom is -0.459 e. The Morgan fingerprint density at radius 2 is 1.85 bits per heavy atom. The number of amides is 2. The Bertz CT molecular complexity index is 960. The average Bonchev–Trinajstić information content (AvgIpc) is 3.11. The van der Waals surface area contributed by atoms with Crippen molar-refractivity contribution in [1.29, 1.82) is 0 Å². The van der Waals surface area contributed by atoms with E-state index in [2.05, 4.69) is 5.32 Å². The van der Waals surface area contributed by atoms with Crippen molar-refractivity contribution >= 4 is 31.1 Å². The lowest BCUT2D eigenvalue weighted by atomic mass is 9.87. The standard InChI is InChI=1S/C23H33N2O7P/c1-22(2,3)32-19(26)14-25-18-9-5-4-8-16(18)10-11-17(20(25)27)24-21(28)23(12-6-7-13-23)15-33(29,30)31/h4-5,8-9,17H,6-7,10-15H2,1-3H3,(H,24,28)(H2,29,30,31)/t17-/m0/s1. The van der Waals surface area contributed by atoms with E-state index in [9.17, 15) is 28.7 Å². The summed E-state index contributed by atoms with van der Waals surface area (Å²) in [6, 6.07) is 6.35. The van der Waals surface area contributed by atoms with Crippen LogP contribution in [0, 0.1) is 5.41 Å². The molecule has 1 saturated carbocycles. The summed E-state index contributed by atoms with van der Waals surface area (Å²) in [5.41, 5.74) is -0.432. The van der Waals surface area contributed by atoms with Crippen molar-refractivity contribution in [3.8, 4) is 0 Å². The van der Waals surface area contributed by atoms with Crippen LogP contribution in [-0.4, -0.2) is 51.9 Å². The number of nitrogens with zero attached hydrogens (tertiary/aromatic N) is 1. The lowest BCUT2D eigenvalue weighted by Crippen LogP contribution is -2.53. The number of para-hydroxylation sites is 1. The largest absolute Gasteiger partial charge is 0.459 e. The van der Waals surface area contributed by atoms with Crippen LogP contribution < -0.4 is 10.2 Å². The third-order valence-corrected chi connectivity index (χ3v) is 7.13. The molecule has 0 radical (unpaired) electrons. The number of carbonyl (C=O) groups is 3. The molecule has 9 nitrogen and oxygen atoms in total. The molecule has 182 valence electrons. The van der Waals surface area contributed by atoms with Crippen LogP contribution in [0.15, 0.2) is 24.3 Å². The van der Waals surface area contributed by atoms with Gasteiger partial charge in [-0.05, 0) is 58.1 Å². The first-order chi connectivity index (χ1) is 15.3. The minimum absolute atomic E-state index is 0.299. The molecule has 0 saturated heterocycles. The molecule has 1 aromatic rings. The highest BCUT2D eigenvalue weighted by Gasteiger charge is 2.47. The maximum atomic E-state index is 13.5. The quantitative estimate of drug-likeness (QED) is 0.421. The number of nitrogens with one attached hydrogen (secondary N) is 1. The molecule has 2 aliphatic rings. The molecule has 3 rings (SSSR count). The molecule has 1 fully saturated rings. The molecule has 2 amide bonds. The number of hydrogen-bond acceptors (Lipinski definition) is 5. The SMILES string of the molecule is CC(C)(C)OC(=O)CN1C(=O)[C@@H](NC(=O)C2(CP(=O)(O)O)CCCC2)CCc2ccccc21. The fourth-order valence-electron chi connectivity index (χ4n) is 4.73. The van der Waals surface area contributed by atoms with Crippen LogP contribution in [0.4, 0.5) is 5.69 Å². The monoisotopic (exact) mass is 480 g/mol. The molecule has 10 heteroatoms. The maximum absolute atomic E-state index is 13.5. The predicted octanol–water partition coefficient (Wildman–Crippen LogP) is 2.53. The van der Waals surface area contributed by atoms with Gasteiger partial charge in [0.2, 0.25) is 11.8 Å². The number of benzene rings is 1. The summed E-state index contributed by atoms with van der Waals surface area (Å²) in [6.07, 6.45) is 2.42. The van der Waals surface area contributed by atoms with Crippen molar-refractivity contribution in [3.63, 3.8) is 0 Å². The van der Waals surface area contributed by atoms with E-state index in [0.29, 0.717) is 44.2 Å². The Labute approximate surface area is 194 Å². The molecule has 1 aliphatic carbocycles. The number of anilines is 1. The molecule has 1 aliphatic heterocycles. The van der Waals surface area contributed by atoms with Crippen LogP contribution in [0.1, 0.15) is 58.4 Å².